The van der Waals surface area contributed by atoms with Gasteiger partial charge in [-0.1, -0.05) is 30.3 Å². The number of urea groups is 1. The summed E-state index contributed by atoms with van der Waals surface area (Å²) in [5.41, 5.74) is 5.73. The van der Waals surface area contributed by atoms with Crippen LogP contribution in [0.25, 0.3) is 0 Å². The van der Waals surface area contributed by atoms with Gasteiger partial charge in [0, 0.05) is 13.7 Å². The minimum Gasteiger partial charge on any atom is -0.391 e. The number of nitrogens with one attached hydrogen (secondary N) is 2. The molecule has 21 heavy (non-hydrogen) atoms. The van der Waals surface area contributed by atoms with E-state index in [1.54, 1.807) is 24.3 Å². The molecule has 116 valence electrons. The van der Waals surface area contributed by atoms with Crippen LogP contribution in [-0.2, 0) is 9.53 Å². The van der Waals surface area contributed by atoms with Gasteiger partial charge in [0.1, 0.15) is 6.04 Å². The maximum atomic E-state index is 12.1. The van der Waals surface area contributed by atoms with E-state index in [1.165, 1.54) is 7.11 Å². The Morgan fingerprint density at radius 3 is 2.57 bits per heavy atom. The quantitative estimate of drug-likeness (QED) is 0.536. The number of hydrogen-bond acceptors (Lipinski definition) is 4. The van der Waals surface area contributed by atoms with Crippen LogP contribution >= 0.6 is 0 Å². The van der Waals surface area contributed by atoms with E-state index in [0.717, 1.165) is 0 Å². The van der Waals surface area contributed by atoms with Crippen LogP contribution in [0.4, 0.5) is 4.79 Å². The first-order valence-electron chi connectivity index (χ1n) is 6.60. The number of methoxy groups -OCH3 is 1. The van der Waals surface area contributed by atoms with Gasteiger partial charge in [0.25, 0.3) is 0 Å². The Morgan fingerprint density at radius 2 is 2.00 bits per heavy atom. The summed E-state index contributed by atoms with van der Waals surface area (Å²) in [6, 6.07) is 7.15. The number of amides is 3. The maximum absolute atomic E-state index is 12.1. The molecule has 2 atom stereocenters. The van der Waals surface area contributed by atoms with Gasteiger partial charge in [0.05, 0.1) is 12.7 Å². The molecule has 0 aromatic heterocycles. The van der Waals surface area contributed by atoms with Crippen LogP contribution < -0.4 is 16.4 Å². The highest BCUT2D eigenvalue weighted by Gasteiger charge is 2.21. The molecule has 0 saturated carbocycles. The number of hydrogen-bond donors (Lipinski definition) is 4. The molecule has 2 unspecified atom stereocenters. The predicted molar refractivity (Wildman–Crippen MR) is 77.4 cm³/mol. The molecule has 5 N–H and O–H groups in total. The van der Waals surface area contributed by atoms with Gasteiger partial charge in [-0.2, -0.15) is 0 Å². The molecule has 0 aliphatic rings. The lowest BCUT2D eigenvalue weighted by molar-refractivity contribution is -0.123. The lowest BCUT2D eigenvalue weighted by Gasteiger charge is -2.18. The monoisotopic (exact) mass is 295 g/mol. The lowest BCUT2D eigenvalue weighted by atomic mass is 10.1. The molecular weight excluding hydrogens is 274 g/mol. The van der Waals surface area contributed by atoms with Crippen molar-refractivity contribution >= 4 is 11.9 Å². The highest BCUT2D eigenvalue weighted by Crippen LogP contribution is 2.12. The average molecular weight is 295 g/mol. The van der Waals surface area contributed by atoms with E-state index < -0.39 is 18.2 Å². The summed E-state index contributed by atoms with van der Waals surface area (Å²) in [5.74, 6) is -0.385. The summed E-state index contributed by atoms with van der Waals surface area (Å²) in [6.45, 7) is 0.477. The van der Waals surface area contributed by atoms with Crippen LogP contribution in [0.1, 0.15) is 18.0 Å². The molecule has 3 amide bonds. The summed E-state index contributed by atoms with van der Waals surface area (Å²) >= 11 is 0. The third kappa shape index (κ3) is 6.24. The Balaban J connectivity index is 2.58. The minimum atomic E-state index is -0.858. The predicted octanol–water partition coefficient (Wildman–Crippen LogP) is -0.0904. The molecule has 1 aromatic carbocycles. The van der Waals surface area contributed by atoms with Crippen molar-refractivity contribution in [1.29, 1.82) is 0 Å². The fourth-order valence-electron chi connectivity index (χ4n) is 1.83. The molecule has 0 fully saturated rings. The first-order valence-corrected chi connectivity index (χ1v) is 6.60. The highest BCUT2D eigenvalue weighted by atomic mass is 16.5. The Kier molecular flexibility index (Phi) is 7.20. The van der Waals surface area contributed by atoms with E-state index in [2.05, 4.69) is 10.6 Å². The third-order valence-electron chi connectivity index (χ3n) is 2.82. The number of primary amides is 1. The zero-order valence-corrected chi connectivity index (χ0v) is 11.9. The van der Waals surface area contributed by atoms with E-state index in [1.807, 2.05) is 6.07 Å². The summed E-state index contributed by atoms with van der Waals surface area (Å²) in [5, 5.41) is 14.5. The smallest absolute Gasteiger partial charge is 0.313 e. The molecule has 0 radical (unpaired) electrons. The number of ether oxygens (including phenoxy) is 1. The van der Waals surface area contributed by atoms with Crippen LogP contribution in [0.15, 0.2) is 30.3 Å². The van der Waals surface area contributed by atoms with Gasteiger partial charge in [0.2, 0.25) is 5.91 Å². The number of rotatable bonds is 8. The molecule has 0 saturated heterocycles. The van der Waals surface area contributed by atoms with Crippen LogP contribution in [0.3, 0.4) is 0 Å². The number of carbonyl (C=O) groups excluding carboxylic acids is 2. The van der Waals surface area contributed by atoms with E-state index in [9.17, 15) is 14.7 Å². The van der Waals surface area contributed by atoms with Gasteiger partial charge in [-0.15, -0.1) is 0 Å². The van der Waals surface area contributed by atoms with Gasteiger partial charge in [0.15, 0.2) is 0 Å². The zero-order chi connectivity index (χ0) is 15.7. The minimum absolute atomic E-state index is 0.206. The standard InChI is InChI=1S/C14H21N3O4/c1-21-9-11(18)7-8-16-13(19)12(17-14(15)20)10-5-3-2-4-6-10/h2-6,11-12,18H,7-9H2,1H3,(H,16,19)(H3,15,17,20). The second-order valence-electron chi connectivity index (χ2n) is 4.54. The molecule has 0 aliphatic heterocycles. The van der Waals surface area contributed by atoms with Gasteiger partial charge in [-0.25, -0.2) is 4.79 Å². The maximum Gasteiger partial charge on any atom is 0.313 e. The van der Waals surface area contributed by atoms with Gasteiger partial charge < -0.3 is 26.2 Å². The van der Waals surface area contributed by atoms with E-state index in [4.69, 9.17) is 10.5 Å². The summed E-state index contributed by atoms with van der Waals surface area (Å²) in [4.78, 5) is 23.2. The molecule has 1 aromatic rings. The second kappa shape index (κ2) is 8.93. The molecular formula is C14H21N3O4. The molecule has 7 nitrogen and oxygen atoms in total. The molecule has 7 heteroatoms. The number of benzene rings is 1. The Hall–Kier alpha value is -2.12. The number of nitrogens with two attached hydrogens (primary N) is 1. The number of aliphatic hydroxyl groups excluding tert-OH is 1. The Bertz CT molecular complexity index is 453. The SMILES string of the molecule is COCC(O)CCNC(=O)C(NC(N)=O)c1ccccc1. The van der Waals surface area contributed by atoms with Crippen LogP contribution in [0.5, 0.6) is 0 Å². The Labute approximate surface area is 123 Å². The largest absolute Gasteiger partial charge is 0.391 e. The molecule has 1 rings (SSSR count). The third-order valence-corrected chi connectivity index (χ3v) is 2.82. The fraction of sp³-hybridized carbons (Fsp3) is 0.429. The first-order chi connectivity index (χ1) is 10.0. The van der Waals surface area contributed by atoms with Crippen LogP contribution in [-0.4, -0.2) is 43.4 Å². The summed E-state index contributed by atoms with van der Waals surface area (Å²) in [7, 11) is 1.49. The van der Waals surface area contributed by atoms with Crippen LogP contribution in [0.2, 0.25) is 0 Å². The highest BCUT2D eigenvalue weighted by molar-refractivity contribution is 5.87. The van der Waals surface area contributed by atoms with E-state index in [-0.39, 0.29) is 19.1 Å². The van der Waals surface area contributed by atoms with Gasteiger partial charge >= 0.3 is 6.03 Å². The van der Waals surface area contributed by atoms with E-state index in [0.29, 0.717) is 12.0 Å². The first kappa shape index (κ1) is 16.9. The van der Waals surface area contributed by atoms with Crippen molar-refractivity contribution in [3.8, 4) is 0 Å². The molecule has 0 heterocycles. The topological polar surface area (TPSA) is 114 Å². The van der Waals surface area contributed by atoms with Crippen molar-refractivity contribution in [3.05, 3.63) is 35.9 Å². The summed E-state index contributed by atoms with van der Waals surface area (Å²) in [6.07, 6.45) is -0.285. The fourth-order valence-corrected chi connectivity index (χ4v) is 1.83. The van der Waals surface area contributed by atoms with Crippen molar-refractivity contribution < 1.29 is 19.4 Å². The van der Waals surface area contributed by atoms with Crippen molar-refractivity contribution in [2.45, 2.75) is 18.6 Å². The van der Waals surface area contributed by atoms with Crippen molar-refractivity contribution in [2.75, 3.05) is 20.3 Å². The van der Waals surface area contributed by atoms with Crippen molar-refractivity contribution in [1.82, 2.24) is 10.6 Å². The number of carbonyl (C=O) groups is 2. The Morgan fingerprint density at radius 1 is 1.33 bits per heavy atom. The number of aliphatic hydroxyl groups is 1. The normalized spacial score (nSPS) is 13.2. The summed E-state index contributed by atoms with van der Waals surface area (Å²) < 4.78 is 4.79. The van der Waals surface area contributed by atoms with Crippen molar-refractivity contribution in [3.63, 3.8) is 0 Å². The van der Waals surface area contributed by atoms with Gasteiger partial charge in [-0.05, 0) is 12.0 Å². The van der Waals surface area contributed by atoms with Crippen LogP contribution in [0, 0.1) is 0 Å². The molecule has 0 bridgehead atoms. The van der Waals surface area contributed by atoms with E-state index >= 15 is 0 Å². The average Bonchev–Trinajstić information content (AvgIpc) is 2.45. The molecule has 0 spiro atoms. The second-order valence-corrected chi connectivity index (χ2v) is 4.54. The van der Waals surface area contributed by atoms with Gasteiger partial charge in [-0.3, -0.25) is 4.79 Å². The molecule has 0 aliphatic carbocycles. The van der Waals surface area contributed by atoms with Crippen molar-refractivity contribution in [2.24, 2.45) is 5.73 Å². The zero-order valence-electron chi connectivity index (χ0n) is 11.9. The lowest BCUT2D eigenvalue weighted by Crippen LogP contribution is -2.43.